The molecule has 1 aromatic rings. The lowest BCUT2D eigenvalue weighted by molar-refractivity contribution is 0.300. The molecule has 1 N–H and O–H groups in total. The lowest BCUT2D eigenvalue weighted by atomic mass is 10.1. The Labute approximate surface area is 133 Å². The van der Waals surface area contributed by atoms with E-state index in [0.29, 0.717) is 6.04 Å². The highest BCUT2D eigenvalue weighted by molar-refractivity contribution is 5.21. The number of aromatic hydroxyl groups is 1. The van der Waals surface area contributed by atoms with Crippen LogP contribution >= 0.6 is 0 Å². The normalized spacial score (nSPS) is 16.9. The molecule has 124 valence electrons. The number of rotatable bonds is 6. The molecule has 0 bridgehead atoms. The Kier molecular flexibility index (Phi) is 6.49. The maximum Gasteiger partial charge on any atom is 0.223 e. The van der Waals surface area contributed by atoms with Crippen LogP contribution in [0.5, 0.6) is 5.75 Å². The molecule has 1 aromatic heterocycles. The summed E-state index contributed by atoms with van der Waals surface area (Å²) in [6.07, 6.45) is 11.4. The highest BCUT2D eigenvalue weighted by atomic mass is 16.3. The largest absolute Gasteiger partial charge is 0.503 e. The molecule has 2 rings (SSSR count). The number of pyridine rings is 1. The minimum Gasteiger partial charge on any atom is -0.503 e. The lowest BCUT2D eigenvalue weighted by Gasteiger charge is -2.25. The first kappa shape index (κ1) is 17.1. The van der Waals surface area contributed by atoms with Crippen LogP contribution in [0.1, 0.15) is 70.0 Å². The van der Waals surface area contributed by atoms with Crippen molar-refractivity contribution in [3.63, 3.8) is 0 Å². The van der Waals surface area contributed by atoms with Gasteiger partial charge in [0.2, 0.25) is 5.43 Å². The Bertz CT molecular complexity index is 516. The van der Waals surface area contributed by atoms with Gasteiger partial charge in [-0.1, -0.05) is 39.0 Å². The van der Waals surface area contributed by atoms with E-state index >= 15 is 0 Å². The lowest BCUT2D eigenvalue weighted by Crippen LogP contribution is -2.25. The quantitative estimate of drug-likeness (QED) is 0.815. The van der Waals surface area contributed by atoms with Gasteiger partial charge in [0.1, 0.15) is 0 Å². The molecule has 22 heavy (non-hydrogen) atoms. The van der Waals surface area contributed by atoms with E-state index in [1.54, 1.807) is 12.3 Å². The maximum absolute atomic E-state index is 11.9. The van der Waals surface area contributed by atoms with Gasteiger partial charge in [0, 0.05) is 24.3 Å². The van der Waals surface area contributed by atoms with Gasteiger partial charge in [-0.15, -0.1) is 0 Å². The predicted molar refractivity (Wildman–Crippen MR) is 90.3 cm³/mol. The molecular formula is C18H30N2O2. The number of unbranched alkanes of at least 4 members (excludes halogenated alkanes) is 1. The number of hydrogen-bond donors (Lipinski definition) is 1. The highest BCUT2D eigenvalue weighted by Crippen LogP contribution is 2.29. The molecule has 0 spiro atoms. The molecular weight excluding hydrogens is 276 g/mol. The second-order valence-corrected chi connectivity index (χ2v) is 6.66. The van der Waals surface area contributed by atoms with E-state index < -0.39 is 0 Å². The van der Waals surface area contributed by atoms with Crippen LogP contribution in [0.2, 0.25) is 0 Å². The molecule has 0 radical (unpaired) electrons. The van der Waals surface area contributed by atoms with Crippen LogP contribution in [-0.4, -0.2) is 28.2 Å². The summed E-state index contributed by atoms with van der Waals surface area (Å²) in [6, 6.07) is 2.05. The fourth-order valence-corrected chi connectivity index (χ4v) is 3.36. The van der Waals surface area contributed by atoms with Gasteiger partial charge in [0.15, 0.2) is 5.75 Å². The van der Waals surface area contributed by atoms with Gasteiger partial charge in [-0.2, -0.15) is 0 Å². The summed E-state index contributed by atoms with van der Waals surface area (Å²) in [6.45, 7) is 4.00. The zero-order valence-electron chi connectivity index (χ0n) is 14.1. The second-order valence-electron chi connectivity index (χ2n) is 6.66. The van der Waals surface area contributed by atoms with Gasteiger partial charge < -0.3 is 14.6 Å². The molecule has 0 aromatic carbocycles. The van der Waals surface area contributed by atoms with Gasteiger partial charge in [0.05, 0.1) is 6.20 Å². The Balaban J connectivity index is 2.22. The van der Waals surface area contributed by atoms with Crippen LogP contribution in [0.15, 0.2) is 17.1 Å². The smallest absolute Gasteiger partial charge is 0.223 e. The monoisotopic (exact) mass is 306 g/mol. The molecule has 4 nitrogen and oxygen atoms in total. The molecule has 0 amide bonds. The van der Waals surface area contributed by atoms with Gasteiger partial charge in [0.25, 0.3) is 0 Å². The zero-order chi connectivity index (χ0) is 15.9. The van der Waals surface area contributed by atoms with Crippen LogP contribution in [0.4, 0.5) is 0 Å². The first-order valence-electron chi connectivity index (χ1n) is 8.74. The molecule has 1 saturated carbocycles. The van der Waals surface area contributed by atoms with E-state index in [1.165, 1.54) is 38.5 Å². The summed E-state index contributed by atoms with van der Waals surface area (Å²) in [4.78, 5) is 14.1. The second kappa shape index (κ2) is 8.37. The Hall–Kier alpha value is -1.29. The average Bonchev–Trinajstić information content (AvgIpc) is 2.77. The summed E-state index contributed by atoms with van der Waals surface area (Å²) in [5.41, 5.74) is 0.775. The minimum absolute atomic E-state index is 0.121. The molecule has 1 fully saturated rings. The van der Waals surface area contributed by atoms with E-state index in [9.17, 15) is 9.90 Å². The van der Waals surface area contributed by atoms with Gasteiger partial charge in [-0.05, 0) is 32.9 Å². The molecule has 0 unspecified atom stereocenters. The summed E-state index contributed by atoms with van der Waals surface area (Å²) < 4.78 is 2.17. The molecule has 1 aliphatic carbocycles. The summed E-state index contributed by atoms with van der Waals surface area (Å²) in [5.74, 6) is -0.121. The number of aromatic nitrogens is 1. The molecule has 0 atom stereocenters. The average molecular weight is 306 g/mol. The van der Waals surface area contributed by atoms with E-state index in [-0.39, 0.29) is 11.2 Å². The molecule has 1 aliphatic rings. The third kappa shape index (κ3) is 4.60. The van der Waals surface area contributed by atoms with Gasteiger partial charge >= 0.3 is 0 Å². The Morgan fingerprint density at radius 2 is 1.95 bits per heavy atom. The van der Waals surface area contributed by atoms with Crippen molar-refractivity contribution in [3.8, 4) is 5.75 Å². The third-order valence-electron chi connectivity index (χ3n) is 4.69. The van der Waals surface area contributed by atoms with Crippen LogP contribution < -0.4 is 5.43 Å². The van der Waals surface area contributed by atoms with Crippen molar-refractivity contribution in [1.82, 2.24) is 9.47 Å². The fraction of sp³-hybridized carbons (Fsp3) is 0.722. The van der Waals surface area contributed by atoms with Crippen molar-refractivity contribution in [2.24, 2.45) is 0 Å². The summed E-state index contributed by atoms with van der Waals surface area (Å²) in [7, 11) is 2.10. The molecule has 0 saturated heterocycles. The van der Waals surface area contributed by atoms with Crippen LogP contribution in [0.3, 0.4) is 0 Å². The summed E-state index contributed by atoms with van der Waals surface area (Å²) in [5, 5.41) is 9.85. The molecule has 0 aliphatic heterocycles. The standard InChI is InChI=1S/C18H30N2O2/c1-3-4-11-19(2)13-16-12-17(21)18(22)14-20(16)15-9-7-5-6-8-10-15/h12,14-15,22H,3-11,13H2,1-2H3. The predicted octanol–water partition coefficient (Wildman–Crippen LogP) is 3.68. The van der Waals surface area contributed by atoms with E-state index in [0.717, 1.165) is 31.6 Å². The fourth-order valence-electron chi connectivity index (χ4n) is 3.36. The SMILES string of the molecule is CCCCN(C)Cc1cc(=O)c(O)cn1C1CCCCCC1. The van der Waals surface area contributed by atoms with Crippen molar-refractivity contribution in [2.75, 3.05) is 13.6 Å². The molecule has 4 heteroatoms. The first-order valence-corrected chi connectivity index (χ1v) is 8.74. The van der Waals surface area contributed by atoms with Gasteiger partial charge in [-0.3, -0.25) is 4.79 Å². The maximum atomic E-state index is 11.9. The van der Waals surface area contributed by atoms with Crippen molar-refractivity contribution >= 4 is 0 Å². The number of nitrogens with zero attached hydrogens (tertiary/aromatic N) is 2. The topological polar surface area (TPSA) is 45.5 Å². The molecule has 1 heterocycles. The zero-order valence-corrected chi connectivity index (χ0v) is 14.1. The van der Waals surface area contributed by atoms with Crippen LogP contribution in [-0.2, 0) is 6.54 Å². The van der Waals surface area contributed by atoms with Crippen molar-refractivity contribution in [2.45, 2.75) is 70.9 Å². The van der Waals surface area contributed by atoms with E-state index in [1.807, 2.05) is 0 Å². The minimum atomic E-state index is -0.260. The van der Waals surface area contributed by atoms with Crippen molar-refractivity contribution < 1.29 is 5.11 Å². The highest BCUT2D eigenvalue weighted by Gasteiger charge is 2.18. The Morgan fingerprint density at radius 3 is 2.59 bits per heavy atom. The van der Waals surface area contributed by atoms with Crippen LogP contribution in [0, 0.1) is 0 Å². The van der Waals surface area contributed by atoms with Crippen molar-refractivity contribution in [1.29, 1.82) is 0 Å². The van der Waals surface area contributed by atoms with Crippen molar-refractivity contribution in [3.05, 3.63) is 28.2 Å². The third-order valence-corrected chi connectivity index (χ3v) is 4.69. The Morgan fingerprint density at radius 1 is 1.27 bits per heavy atom. The number of hydrogen-bond acceptors (Lipinski definition) is 3. The van der Waals surface area contributed by atoms with Gasteiger partial charge in [-0.25, -0.2) is 0 Å². The van der Waals surface area contributed by atoms with Crippen LogP contribution in [0.25, 0.3) is 0 Å². The van der Waals surface area contributed by atoms with E-state index in [2.05, 4.69) is 23.4 Å². The first-order chi connectivity index (χ1) is 10.6. The summed E-state index contributed by atoms with van der Waals surface area (Å²) >= 11 is 0. The van der Waals surface area contributed by atoms with E-state index in [4.69, 9.17) is 0 Å².